The fraction of sp³-hybridized carbons (Fsp3) is 0.727. The molecule has 1 amide bonds. The molecule has 1 N–H and O–H groups in total. The van der Waals surface area contributed by atoms with E-state index in [1.807, 2.05) is 11.8 Å². The molecule has 2 heterocycles. The van der Waals surface area contributed by atoms with Gasteiger partial charge in [0.1, 0.15) is 6.10 Å². The first-order valence-corrected chi connectivity index (χ1v) is 10.8. The number of halogens is 3. The molecule has 1 aromatic rings. The number of hydrogen-bond donors (Lipinski definition) is 1. The zero-order valence-electron chi connectivity index (χ0n) is 17.5. The average Bonchev–Trinajstić information content (AvgIpc) is 2.64. The van der Waals surface area contributed by atoms with Gasteiger partial charge in [-0.2, -0.15) is 13.2 Å². The maximum Gasteiger partial charge on any atom is 0.433 e. The predicted octanol–water partition coefficient (Wildman–Crippen LogP) is 4.11. The number of amides is 1. The Balaban J connectivity index is 1.26. The number of hydrogen-bond acceptors (Lipinski definition) is 4. The molecule has 0 bridgehead atoms. The van der Waals surface area contributed by atoms with Gasteiger partial charge in [0.05, 0.1) is 5.60 Å². The molecule has 3 aliphatic rings. The van der Waals surface area contributed by atoms with Crippen LogP contribution in [-0.2, 0) is 11.0 Å². The van der Waals surface area contributed by atoms with Crippen molar-refractivity contribution in [2.45, 2.75) is 76.7 Å². The summed E-state index contributed by atoms with van der Waals surface area (Å²) < 4.78 is 44.9. The van der Waals surface area contributed by atoms with Gasteiger partial charge in [0.25, 0.3) is 0 Å². The number of carbonyl (C=O) groups is 1. The first kappa shape index (κ1) is 21.4. The Hall–Kier alpha value is -1.83. The topological polar surface area (TPSA) is 62.7 Å². The Morgan fingerprint density at radius 1 is 1.27 bits per heavy atom. The predicted molar refractivity (Wildman–Crippen MR) is 104 cm³/mol. The lowest BCUT2D eigenvalue weighted by molar-refractivity contribution is -0.166. The number of pyridine rings is 1. The number of likely N-dealkylation sites (tertiary alicyclic amines) is 1. The van der Waals surface area contributed by atoms with Gasteiger partial charge in [-0.15, -0.1) is 0 Å². The van der Waals surface area contributed by atoms with E-state index in [0.29, 0.717) is 19.3 Å². The zero-order chi connectivity index (χ0) is 21.7. The number of nitrogens with zero attached hydrogens (tertiary/aromatic N) is 2. The number of aliphatic hydroxyl groups is 1. The van der Waals surface area contributed by atoms with Gasteiger partial charge < -0.3 is 14.7 Å². The highest BCUT2D eigenvalue weighted by molar-refractivity contribution is 5.81. The largest absolute Gasteiger partial charge is 0.474 e. The Morgan fingerprint density at radius 2 is 1.90 bits per heavy atom. The van der Waals surface area contributed by atoms with Crippen LogP contribution in [0.5, 0.6) is 5.88 Å². The van der Waals surface area contributed by atoms with E-state index in [0.717, 1.165) is 38.8 Å². The van der Waals surface area contributed by atoms with Crippen molar-refractivity contribution in [2.75, 3.05) is 13.1 Å². The lowest BCUT2D eigenvalue weighted by Gasteiger charge is -2.55. The van der Waals surface area contributed by atoms with E-state index in [4.69, 9.17) is 4.74 Å². The summed E-state index contributed by atoms with van der Waals surface area (Å²) in [7, 11) is 0. The van der Waals surface area contributed by atoms with Gasteiger partial charge >= 0.3 is 6.18 Å². The van der Waals surface area contributed by atoms with Gasteiger partial charge in [-0.05, 0) is 57.4 Å². The minimum Gasteiger partial charge on any atom is -0.474 e. The molecular formula is C22H29F3N2O3. The molecule has 8 heteroatoms. The molecule has 4 rings (SSSR count). The maximum absolute atomic E-state index is 13.0. The normalized spacial score (nSPS) is 28.7. The Labute approximate surface area is 174 Å². The van der Waals surface area contributed by atoms with Crippen LogP contribution >= 0.6 is 0 Å². The van der Waals surface area contributed by atoms with Crippen molar-refractivity contribution in [1.82, 2.24) is 9.88 Å². The molecule has 30 heavy (non-hydrogen) atoms. The van der Waals surface area contributed by atoms with Crippen LogP contribution in [0.25, 0.3) is 0 Å². The molecule has 0 unspecified atom stereocenters. The smallest absolute Gasteiger partial charge is 0.433 e. The molecule has 1 spiro atoms. The summed E-state index contributed by atoms with van der Waals surface area (Å²) in [5, 5.41) is 10.1. The highest BCUT2D eigenvalue weighted by Gasteiger charge is 2.52. The molecule has 1 saturated heterocycles. The van der Waals surface area contributed by atoms with Crippen molar-refractivity contribution < 1.29 is 27.8 Å². The van der Waals surface area contributed by atoms with E-state index in [2.05, 4.69) is 4.98 Å². The molecule has 2 saturated carbocycles. The molecule has 0 radical (unpaired) electrons. The first-order chi connectivity index (χ1) is 14.0. The molecule has 166 valence electrons. The van der Waals surface area contributed by atoms with Crippen LogP contribution in [-0.4, -0.2) is 45.7 Å². The number of rotatable bonds is 4. The van der Waals surface area contributed by atoms with E-state index < -0.39 is 17.5 Å². The second-order valence-corrected chi connectivity index (χ2v) is 9.51. The van der Waals surface area contributed by atoms with Gasteiger partial charge in [0, 0.05) is 30.5 Å². The number of ether oxygens (including phenoxy) is 1. The summed E-state index contributed by atoms with van der Waals surface area (Å²) in [5.74, 6) is 0.121. The van der Waals surface area contributed by atoms with Crippen LogP contribution < -0.4 is 4.74 Å². The van der Waals surface area contributed by atoms with Crippen LogP contribution in [0.15, 0.2) is 12.1 Å². The molecule has 0 aromatic carbocycles. The van der Waals surface area contributed by atoms with Gasteiger partial charge in [-0.3, -0.25) is 4.79 Å². The molecule has 0 atom stereocenters. The molecule has 5 nitrogen and oxygen atoms in total. The van der Waals surface area contributed by atoms with Crippen molar-refractivity contribution >= 4 is 5.91 Å². The van der Waals surface area contributed by atoms with Crippen molar-refractivity contribution in [3.8, 4) is 5.88 Å². The third-order valence-corrected chi connectivity index (χ3v) is 7.24. The summed E-state index contributed by atoms with van der Waals surface area (Å²) in [5.41, 5.74) is -1.36. The van der Waals surface area contributed by atoms with E-state index in [9.17, 15) is 23.1 Å². The molecule has 1 aromatic heterocycles. The van der Waals surface area contributed by atoms with Crippen LogP contribution in [0.4, 0.5) is 13.2 Å². The summed E-state index contributed by atoms with van der Waals surface area (Å²) in [4.78, 5) is 18.2. The Bertz CT molecular complexity index is 804. The van der Waals surface area contributed by atoms with Gasteiger partial charge in [-0.1, -0.05) is 13.0 Å². The number of aryl methyl sites for hydroxylation is 1. The Morgan fingerprint density at radius 3 is 2.47 bits per heavy atom. The quantitative estimate of drug-likeness (QED) is 0.787. The van der Waals surface area contributed by atoms with Crippen LogP contribution in [0.2, 0.25) is 0 Å². The lowest BCUT2D eigenvalue weighted by atomic mass is 9.65. The number of aromatic nitrogens is 1. The highest BCUT2D eigenvalue weighted by Crippen LogP contribution is 2.48. The first-order valence-electron chi connectivity index (χ1n) is 10.8. The third kappa shape index (κ3) is 4.03. The summed E-state index contributed by atoms with van der Waals surface area (Å²) in [6, 6.07) is 2.89. The van der Waals surface area contributed by atoms with Crippen LogP contribution in [0.1, 0.15) is 63.1 Å². The molecule has 3 fully saturated rings. The van der Waals surface area contributed by atoms with E-state index in [1.165, 1.54) is 19.1 Å². The second kappa shape index (κ2) is 7.39. The molecule has 1 aliphatic heterocycles. The van der Waals surface area contributed by atoms with Gasteiger partial charge in [0.15, 0.2) is 5.69 Å². The van der Waals surface area contributed by atoms with Crippen LogP contribution in [0, 0.1) is 18.3 Å². The van der Waals surface area contributed by atoms with E-state index in [-0.39, 0.29) is 34.8 Å². The van der Waals surface area contributed by atoms with Crippen molar-refractivity contribution in [1.29, 1.82) is 0 Å². The average molecular weight is 426 g/mol. The fourth-order valence-electron chi connectivity index (χ4n) is 5.17. The Kier molecular flexibility index (Phi) is 5.27. The fourth-order valence-corrected chi connectivity index (χ4v) is 5.17. The van der Waals surface area contributed by atoms with Gasteiger partial charge in [0.2, 0.25) is 11.8 Å². The highest BCUT2D eigenvalue weighted by atomic mass is 19.4. The lowest BCUT2D eigenvalue weighted by Crippen LogP contribution is -2.63. The van der Waals surface area contributed by atoms with Crippen LogP contribution in [0.3, 0.4) is 0 Å². The minimum absolute atomic E-state index is 0.0210. The maximum atomic E-state index is 13.0. The SMILES string of the molecule is CC[C@]1(O)C[C@@H](C(=O)N2CC3(CCC(Oc4ccc(C)c(C(F)(F)F)n4)CC3)C2)C1. The zero-order valence-corrected chi connectivity index (χ0v) is 17.5. The second-order valence-electron chi connectivity index (χ2n) is 9.51. The van der Waals surface area contributed by atoms with Crippen molar-refractivity contribution in [2.24, 2.45) is 11.3 Å². The third-order valence-electron chi connectivity index (χ3n) is 7.24. The molecule has 2 aliphatic carbocycles. The number of carbonyl (C=O) groups excluding carboxylic acids is 1. The monoisotopic (exact) mass is 426 g/mol. The summed E-state index contributed by atoms with van der Waals surface area (Å²) in [6.45, 7) is 4.80. The number of alkyl halides is 3. The molecular weight excluding hydrogens is 397 g/mol. The van der Waals surface area contributed by atoms with Crippen molar-refractivity contribution in [3.63, 3.8) is 0 Å². The van der Waals surface area contributed by atoms with E-state index in [1.54, 1.807) is 0 Å². The van der Waals surface area contributed by atoms with Crippen molar-refractivity contribution in [3.05, 3.63) is 23.4 Å². The summed E-state index contributed by atoms with van der Waals surface area (Å²) >= 11 is 0. The minimum atomic E-state index is -4.49. The standard InChI is InChI=1S/C22H29F3N2O3/c1-3-21(29)10-15(11-21)19(28)27-12-20(13-27)8-6-16(7-9-20)30-17-5-4-14(2)18(26-17)22(23,24)25/h4-5,15-16,29H,3,6-13H2,1-2H3/t15-,21+. The van der Waals surface area contributed by atoms with Gasteiger partial charge in [-0.25, -0.2) is 4.98 Å². The van der Waals surface area contributed by atoms with E-state index >= 15 is 0 Å². The summed E-state index contributed by atoms with van der Waals surface area (Å²) in [6.07, 6.45) is 0.443.